The first kappa shape index (κ1) is 29.9. The number of piperidine rings is 1. The third-order valence-electron chi connectivity index (χ3n) is 8.58. The Morgan fingerprint density at radius 1 is 0.978 bits per heavy atom. The fourth-order valence-corrected chi connectivity index (χ4v) is 6.17. The Hall–Kier alpha value is -4.76. The molecule has 9 nitrogen and oxygen atoms in total. The maximum Gasteiger partial charge on any atom is 0.338 e. The second kappa shape index (κ2) is 12.6. The molecule has 5 aromatic rings. The number of carbonyl (C=O) groups is 1. The molecule has 3 aromatic heterocycles. The van der Waals surface area contributed by atoms with Gasteiger partial charge in [0.2, 0.25) is 5.88 Å². The van der Waals surface area contributed by atoms with Crippen LogP contribution in [0.2, 0.25) is 0 Å². The first-order chi connectivity index (χ1) is 22.3. The molecule has 46 heavy (non-hydrogen) atoms. The summed E-state index contributed by atoms with van der Waals surface area (Å²) in [4.78, 5) is 29.7. The summed E-state index contributed by atoms with van der Waals surface area (Å²) < 4.78 is 19.6. The Morgan fingerprint density at radius 2 is 1.80 bits per heavy atom. The lowest BCUT2D eigenvalue weighted by atomic mass is 9.93. The average molecular weight is 618 g/mol. The Bertz CT molecular complexity index is 1910. The van der Waals surface area contributed by atoms with Gasteiger partial charge in [-0.25, -0.2) is 14.8 Å². The number of aromatic nitrogens is 4. The van der Waals surface area contributed by atoms with Gasteiger partial charge in [0, 0.05) is 29.3 Å². The number of carbonyl (C=O) groups excluding carboxylic acids is 1. The van der Waals surface area contributed by atoms with Gasteiger partial charge in [-0.15, -0.1) is 0 Å². The van der Waals surface area contributed by atoms with Crippen molar-refractivity contribution in [2.45, 2.75) is 64.8 Å². The summed E-state index contributed by atoms with van der Waals surface area (Å²) in [6.07, 6.45) is 5.91. The Labute approximate surface area is 268 Å². The molecule has 2 aliphatic heterocycles. The van der Waals surface area contributed by atoms with E-state index in [0.717, 1.165) is 70.7 Å². The molecule has 1 saturated heterocycles. The maximum absolute atomic E-state index is 12.8. The molecule has 0 amide bonds. The van der Waals surface area contributed by atoms with Crippen LogP contribution in [-0.4, -0.2) is 55.7 Å². The number of pyridine rings is 2. The highest BCUT2D eigenvalue weighted by atomic mass is 16.6. The molecule has 0 aliphatic carbocycles. The van der Waals surface area contributed by atoms with Crippen molar-refractivity contribution in [1.29, 1.82) is 0 Å². The van der Waals surface area contributed by atoms with E-state index >= 15 is 0 Å². The van der Waals surface area contributed by atoms with Crippen molar-refractivity contribution < 1.29 is 19.0 Å². The highest BCUT2D eigenvalue weighted by molar-refractivity contribution is 5.94. The van der Waals surface area contributed by atoms with Crippen LogP contribution in [0.1, 0.15) is 67.1 Å². The van der Waals surface area contributed by atoms with Crippen LogP contribution < -0.4 is 4.74 Å². The molecular formula is C37H39N5O4. The SMILES string of the molecule is CC(C)(C)OC(=O)c1ccc2nc(CN3CCC(c4cccc(OCc5nccc6ccccc56)n4)CC3)n(CC3=CCO3)c2c1. The van der Waals surface area contributed by atoms with Crippen LogP contribution in [0.15, 0.2) is 84.8 Å². The number of likely N-dealkylation sites (tertiary alicyclic amines) is 1. The zero-order valence-corrected chi connectivity index (χ0v) is 26.6. The van der Waals surface area contributed by atoms with Crippen molar-refractivity contribution in [3.05, 3.63) is 108 Å². The standard InChI is InChI=1S/C37H39N5O4/c1-37(2,3)46-36(43)27-11-12-31-33(21-27)42(22-28-16-20-44-28)34(39-31)23-41-18-14-26(15-19-41)30-9-6-10-35(40-30)45-24-32-29-8-5-4-7-25(29)13-17-38-32/h4-13,16-17,21,26H,14-15,18-20,22-24H2,1-3H3. The van der Waals surface area contributed by atoms with E-state index in [1.165, 1.54) is 0 Å². The number of fused-ring (bicyclic) bond motifs is 2. The summed E-state index contributed by atoms with van der Waals surface area (Å²) in [5.74, 6) is 2.53. The lowest BCUT2D eigenvalue weighted by molar-refractivity contribution is 0.00696. The number of nitrogens with zero attached hydrogens (tertiary/aromatic N) is 5. The van der Waals surface area contributed by atoms with Crippen LogP contribution in [0.3, 0.4) is 0 Å². The molecule has 236 valence electrons. The van der Waals surface area contributed by atoms with Gasteiger partial charge in [0.1, 0.15) is 30.4 Å². The summed E-state index contributed by atoms with van der Waals surface area (Å²) >= 11 is 0. The Morgan fingerprint density at radius 3 is 2.59 bits per heavy atom. The van der Waals surface area contributed by atoms with Crippen molar-refractivity contribution in [2.24, 2.45) is 0 Å². The Kier molecular flexibility index (Phi) is 8.17. The highest BCUT2D eigenvalue weighted by Gasteiger charge is 2.25. The van der Waals surface area contributed by atoms with Gasteiger partial charge in [-0.2, -0.15) is 0 Å². The summed E-state index contributed by atoms with van der Waals surface area (Å²) in [5, 5.41) is 2.25. The van der Waals surface area contributed by atoms with E-state index in [4.69, 9.17) is 24.2 Å². The summed E-state index contributed by atoms with van der Waals surface area (Å²) in [7, 11) is 0. The first-order valence-corrected chi connectivity index (χ1v) is 16.0. The van der Waals surface area contributed by atoms with Crippen LogP contribution in [0.25, 0.3) is 21.8 Å². The number of hydrogen-bond donors (Lipinski definition) is 0. The molecule has 2 aliphatic rings. The smallest absolute Gasteiger partial charge is 0.338 e. The van der Waals surface area contributed by atoms with E-state index in [9.17, 15) is 4.79 Å². The number of esters is 1. The van der Waals surface area contributed by atoms with Gasteiger partial charge in [-0.1, -0.05) is 30.3 Å². The van der Waals surface area contributed by atoms with Crippen molar-refractivity contribution in [3.63, 3.8) is 0 Å². The number of allylic oxidation sites excluding steroid dienone is 1. The highest BCUT2D eigenvalue weighted by Crippen LogP contribution is 2.30. The molecule has 0 bridgehead atoms. The summed E-state index contributed by atoms with van der Waals surface area (Å²) in [5.41, 5.74) is 3.70. The lowest BCUT2D eigenvalue weighted by Crippen LogP contribution is -2.33. The second-order valence-corrected chi connectivity index (χ2v) is 13.0. The van der Waals surface area contributed by atoms with Gasteiger partial charge in [-0.3, -0.25) is 9.88 Å². The third-order valence-corrected chi connectivity index (χ3v) is 8.58. The van der Waals surface area contributed by atoms with E-state index in [2.05, 4.69) is 38.7 Å². The molecular weight excluding hydrogens is 578 g/mol. The van der Waals surface area contributed by atoms with E-state index in [1.54, 1.807) is 6.07 Å². The molecule has 1 fully saturated rings. The van der Waals surface area contributed by atoms with Gasteiger partial charge in [0.05, 0.1) is 35.4 Å². The van der Waals surface area contributed by atoms with Crippen molar-refractivity contribution >= 4 is 27.8 Å². The fourth-order valence-electron chi connectivity index (χ4n) is 6.17. The predicted octanol–water partition coefficient (Wildman–Crippen LogP) is 6.81. The fraction of sp³-hybridized carbons (Fsp3) is 0.351. The normalized spacial score (nSPS) is 15.8. The molecule has 2 aromatic carbocycles. The lowest BCUT2D eigenvalue weighted by Gasteiger charge is -2.31. The number of rotatable bonds is 9. The zero-order valence-electron chi connectivity index (χ0n) is 26.6. The van der Waals surface area contributed by atoms with E-state index in [1.807, 2.05) is 69.4 Å². The van der Waals surface area contributed by atoms with Crippen LogP contribution >= 0.6 is 0 Å². The molecule has 9 heteroatoms. The third kappa shape index (κ3) is 6.60. The van der Waals surface area contributed by atoms with Crippen LogP contribution in [0, 0.1) is 0 Å². The number of imidazole rings is 1. The van der Waals surface area contributed by atoms with E-state index < -0.39 is 5.60 Å². The average Bonchev–Trinajstić information content (AvgIpc) is 3.37. The minimum Gasteiger partial charge on any atom is -0.492 e. The summed E-state index contributed by atoms with van der Waals surface area (Å²) in [6, 6.07) is 21.9. The van der Waals surface area contributed by atoms with Gasteiger partial charge in [0.15, 0.2) is 0 Å². The van der Waals surface area contributed by atoms with Gasteiger partial charge >= 0.3 is 5.97 Å². The largest absolute Gasteiger partial charge is 0.492 e. The second-order valence-electron chi connectivity index (χ2n) is 13.0. The zero-order chi connectivity index (χ0) is 31.7. The molecule has 0 spiro atoms. The van der Waals surface area contributed by atoms with Crippen LogP contribution in [-0.2, 0) is 29.2 Å². The molecule has 0 saturated carbocycles. The maximum atomic E-state index is 12.8. The number of hydrogen-bond acceptors (Lipinski definition) is 8. The molecule has 0 unspecified atom stereocenters. The van der Waals surface area contributed by atoms with Crippen LogP contribution in [0.5, 0.6) is 5.88 Å². The quantitative estimate of drug-likeness (QED) is 0.167. The van der Waals surface area contributed by atoms with Gasteiger partial charge in [0.25, 0.3) is 0 Å². The number of benzene rings is 2. The predicted molar refractivity (Wildman–Crippen MR) is 177 cm³/mol. The minimum absolute atomic E-state index is 0.335. The topological polar surface area (TPSA) is 91.6 Å². The van der Waals surface area contributed by atoms with Crippen molar-refractivity contribution in [1.82, 2.24) is 24.4 Å². The van der Waals surface area contributed by atoms with Gasteiger partial charge < -0.3 is 18.8 Å². The molecule has 0 atom stereocenters. The van der Waals surface area contributed by atoms with Gasteiger partial charge in [-0.05, 0) is 88.5 Å². The first-order valence-electron chi connectivity index (χ1n) is 16.0. The Balaban J connectivity index is 1.02. The molecule has 5 heterocycles. The van der Waals surface area contributed by atoms with Crippen molar-refractivity contribution in [2.75, 3.05) is 19.7 Å². The van der Waals surface area contributed by atoms with Crippen LogP contribution in [0.4, 0.5) is 0 Å². The number of ether oxygens (including phenoxy) is 3. The minimum atomic E-state index is -0.563. The molecule has 0 N–H and O–H groups in total. The van der Waals surface area contributed by atoms with E-state index in [-0.39, 0.29) is 5.97 Å². The van der Waals surface area contributed by atoms with E-state index in [0.29, 0.717) is 43.7 Å². The molecule has 7 rings (SSSR count). The molecule has 0 radical (unpaired) electrons. The summed E-state index contributed by atoms with van der Waals surface area (Å²) in [6.45, 7) is 9.80. The monoisotopic (exact) mass is 617 g/mol. The van der Waals surface area contributed by atoms with Crippen molar-refractivity contribution in [3.8, 4) is 5.88 Å².